The second-order valence-electron chi connectivity index (χ2n) is 8.40. The molecule has 1 aliphatic heterocycles. The summed E-state index contributed by atoms with van der Waals surface area (Å²) >= 11 is 0. The summed E-state index contributed by atoms with van der Waals surface area (Å²) in [4.78, 5) is 26.3. The third-order valence-corrected chi connectivity index (χ3v) is 5.91. The summed E-state index contributed by atoms with van der Waals surface area (Å²) in [5, 5.41) is 12.1. The molecule has 0 radical (unpaired) electrons. The quantitative estimate of drug-likeness (QED) is 0.682. The zero-order chi connectivity index (χ0) is 21.0. The van der Waals surface area contributed by atoms with Gasteiger partial charge in [-0.05, 0) is 75.4 Å². The van der Waals surface area contributed by atoms with Crippen molar-refractivity contribution in [1.82, 2.24) is 4.90 Å². The van der Waals surface area contributed by atoms with Gasteiger partial charge in [0.05, 0.1) is 0 Å². The van der Waals surface area contributed by atoms with Gasteiger partial charge >= 0.3 is 5.97 Å². The first-order chi connectivity index (χ1) is 13.8. The number of nitrogens with one attached hydrogen (secondary N) is 1. The number of anilines is 1. The van der Waals surface area contributed by atoms with Crippen LogP contribution >= 0.6 is 0 Å². The zero-order valence-electron chi connectivity index (χ0n) is 17.4. The lowest BCUT2D eigenvalue weighted by Crippen LogP contribution is -2.37. The fraction of sp³-hybridized carbons (Fsp3) is 0.417. The number of nitrogens with zero attached hydrogens (tertiary/aromatic N) is 1. The Morgan fingerprint density at radius 2 is 1.90 bits per heavy atom. The van der Waals surface area contributed by atoms with Gasteiger partial charge in [0.15, 0.2) is 0 Å². The highest BCUT2D eigenvalue weighted by atomic mass is 16.4. The smallest absolute Gasteiger partial charge is 0.318 e. The monoisotopic (exact) mass is 394 g/mol. The van der Waals surface area contributed by atoms with Crippen LogP contribution < -0.4 is 5.32 Å². The Bertz CT molecular complexity index is 877. The van der Waals surface area contributed by atoms with Crippen LogP contribution in [0.4, 0.5) is 5.69 Å². The molecule has 0 spiro atoms. The molecular formula is C24H30N2O3. The minimum atomic E-state index is -1.48. The molecule has 1 saturated heterocycles. The Labute approximate surface area is 172 Å². The minimum Gasteiger partial charge on any atom is -0.480 e. The molecule has 154 valence electrons. The van der Waals surface area contributed by atoms with Crippen molar-refractivity contribution in [3.05, 3.63) is 54.1 Å². The van der Waals surface area contributed by atoms with E-state index in [0.717, 1.165) is 36.2 Å². The number of aliphatic carboxylic acids is 1. The van der Waals surface area contributed by atoms with Crippen molar-refractivity contribution in [2.45, 2.75) is 46.1 Å². The fourth-order valence-corrected chi connectivity index (χ4v) is 3.75. The average molecular weight is 395 g/mol. The van der Waals surface area contributed by atoms with E-state index in [9.17, 15) is 14.7 Å². The van der Waals surface area contributed by atoms with E-state index in [2.05, 4.69) is 29.3 Å². The molecule has 5 heteroatoms. The topological polar surface area (TPSA) is 69.6 Å². The van der Waals surface area contributed by atoms with Crippen molar-refractivity contribution in [2.24, 2.45) is 5.41 Å². The van der Waals surface area contributed by atoms with Crippen molar-refractivity contribution < 1.29 is 14.7 Å². The van der Waals surface area contributed by atoms with E-state index in [1.54, 1.807) is 0 Å². The van der Waals surface area contributed by atoms with Gasteiger partial charge in [-0.1, -0.05) is 36.4 Å². The van der Waals surface area contributed by atoms with Crippen LogP contribution in [-0.4, -0.2) is 41.0 Å². The molecule has 1 amide bonds. The summed E-state index contributed by atoms with van der Waals surface area (Å²) in [6, 6.07) is 16.7. The van der Waals surface area contributed by atoms with Gasteiger partial charge in [0.2, 0.25) is 5.91 Å². The molecule has 2 N–H and O–H groups in total. The van der Waals surface area contributed by atoms with Crippen LogP contribution in [0.1, 0.15) is 39.2 Å². The number of rotatable bonds is 7. The molecule has 0 aromatic heterocycles. The molecule has 0 aliphatic carbocycles. The second-order valence-corrected chi connectivity index (χ2v) is 8.40. The van der Waals surface area contributed by atoms with E-state index in [-0.39, 0.29) is 0 Å². The van der Waals surface area contributed by atoms with Crippen molar-refractivity contribution in [1.29, 1.82) is 0 Å². The highest BCUT2D eigenvalue weighted by Crippen LogP contribution is 2.29. The molecule has 0 bridgehead atoms. The maximum absolute atomic E-state index is 12.5. The zero-order valence-corrected chi connectivity index (χ0v) is 17.4. The fourth-order valence-electron chi connectivity index (χ4n) is 3.75. The van der Waals surface area contributed by atoms with Crippen LogP contribution in [0.3, 0.4) is 0 Å². The predicted molar refractivity (Wildman–Crippen MR) is 116 cm³/mol. The largest absolute Gasteiger partial charge is 0.480 e. The SMILES string of the molecule is C[C@@H]1CCCN1CCc1cc(NC(=O)C(C)(C)C(=O)O)ccc1-c1ccccc1. The number of carboxylic acid groups (broad SMARTS) is 1. The summed E-state index contributed by atoms with van der Waals surface area (Å²) in [7, 11) is 0. The summed E-state index contributed by atoms with van der Waals surface area (Å²) in [5.41, 5.74) is 2.59. The van der Waals surface area contributed by atoms with E-state index in [1.807, 2.05) is 36.4 Å². The molecule has 2 aromatic carbocycles. The van der Waals surface area contributed by atoms with Crippen molar-refractivity contribution >= 4 is 17.6 Å². The number of carbonyl (C=O) groups excluding carboxylic acids is 1. The molecule has 3 rings (SSSR count). The molecule has 1 heterocycles. The van der Waals surface area contributed by atoms with E-state index in [1.165, 1.54) is 26.7 Å². The summed E-state index contributed by atoms with van der Waals surface area (Å²) in [5.74, 6) is -1.66. The minimum absolute atomic E-state index is 0.517. The third kappa shape index (κ3) is 4.85. The first-order valence-electron chi connectivity index (χ1n) is 10.3. The van der Waals surface area contributed by atoms with Gasteiger partial charge < -0.3 is 15.3 Å². The number of benzene rings is 2. The van der Waals surface area contributed by atoms with Crippen molar-refractivity contribution in [2.75, 3.05) is 18.4 Å². The predicted octanol–water partition coefficient (Wildman–Crippen LogP) is 4.43. The summed E-state index contributed by atoms with van der Waals surface area (Å²) < 4.78 is 0. The second kappa shape index (κ2) is 8.78. The Hall–Kier alpha value is -2.66. The molecule has 1 fully saturated rings. The maximum Gasteiger partial charge on any atom is 0.318 e. The lowest BCUT2D eigenvalue weighted by Gasteiger charge is -2.22. The van der Waals surface area contributed by atoms with Gasteiger partial charge in [-0.2, -0.15) is 0 Å². The number of hydrogen-bond donors (Lipinski definition) is 2. The van der Waals surface area contributed by atoms with E-state index >= 15 is 0 Å². The normalized spacial score (nSPS) is 17.3. The van der Waals surface area contributed by atoms with Crippen molar-refractivity contribution in [3.63, 3.8) is 0 Å². The van der Waals surface area contributed by atoms with Crippen LogP contribution in [0.5, 0.6) is 0 Å². The molecule has 5 nitrogen and oxygen atoms in total. The van der Waals surface area contributed by atoms with E-state index in [4.69, 9.17) is 0 Å². The van der Waals surface area contributed by atoms with Gasteiger partial charge in [-0.3, -0.25) is 9.59 Å². The molecule has 0 unspecified atom stereocenters. The first kappa shape index (κ1) is 21.1. The summed E-state index contributed by atoms with van der Waals surface area (Å²) in [6.07, 6.45) is 3.36. The van der Waals surface area contributed by atoms with Gasteiger partial charge in [-0.15, -0.1) is 0 Å². The number of hydrogen-bond acceptors (Lipinski definition) is 3. The Morgan fingerprint density at radius 1 is 1.17 bits per heavy atom. The van der Waals surface area contributed by atoms with Crippen LogP contribution in [0.2, 0.25) is 0 Å². The van der Waals surface area contributed by atoms with Crippen LogP contribution in [0.15, 0.2) is 48.5 Å². The Kier molecular flexibility index (Phi) is 6.38. The van der Waals surface area contributed by atoms with Gasteiger partial charge in [-0.25, -0.2) is 0 Å². The Morgan fingerprint density at radius 3 is 2.52 bits per heavy atom. The van der Waals surface area contributed by atoms with Gasteiger partial charge in [0.1, 0.15) is 5.41 Å². The third-order valence-electron chi connectivity index (χ3n) is 5.91. The lowest BCUT2D eigenvalue weighted by atomic mass is 9.92. The number of amides is 1. The number of carbonyl (C=O) groups is 2. The number of carboxylic acids is 1. The van der Waals surface area contributed by atoms with Crippen LogP contribution in [0, 0.1) is 5.41 Å². The summed E-state index contributed by atoms with van der Waals surface area (Å²) in [6.45, 7) is 7.21. The maximum atomic E-state index is 12.5. The number of likely N-dealkylation sites (tertiary alicyclic amines) is 1. The molecular weight excluding hydrogens is 364 g/mol. The Balaban J connectivity index is 1.86. The van der Waals surface area contributed by atoms with Crippen LogP contribution in [-0.2, 0) is 16.0 Å². The highest BCUT2D eigenvalue weighted by molar-refractivity contribution is 6.07. The van der Waals surface area contributed by atoms with Crippen LogP contribution in [0.25, 0.3) is 11.1 Å². The van der Waals surface area contributed by atoms with Crippen molar-refractivity contribution in [3.8, 4) is 11.1 Å². The average Bonchev–Trinajstić information content (AvgIpc) is 3.11. The lowest BCUT2D eigenvalue weighted by molar-refractivity contribution is -0.151. The standard InChI is InChI=1S/C24H30N2O3/c1-17-8-7-14-26(17)15-13-19-16-20(25-22(27)24(2,3)23(28)29)11-12-21(19)18-9-5-4-6-10-18/h4-6,9-12,16-17H,7-8,13-15H2,1-3H3,(H,25,27)(H,28,29)/t17-/m1/s1. The van der Waals surface area contributed by atoms with Gasteiger partial charge in [0.25, 0.3) is 0 Å². The highest BCUT2D eigenvalue weighted by Gasteiger charge is 2.36. The first-order valence-corrected chi connectivity index (χ1v) is 10.3. The molecule has 1 aliphatic rings. The molecule has 2 aromatic rings. The van der Waals surface area contributed by atoms with Gasteiger partial charge in [0, 0.05) is 18.3 Å². The molecule has 29 heavy (non-hydrogen) atoms. The van der Waals surface area contributed by atoms with E-state index in [0.29, 0.717) is 11.7 Å². The van der Waals surface area contributed by atoms with E-state index < -0.39 is 17.3 Å². The molecule has 1 atom stereocenters. The molecule has 0 saturated carbocycles.